The van der Waals surface area contributed by atoms with Crippen LogP contribution in [0.3, 0.4) is 0 Å². The number of fused-ring (bicyclic) bond motifs is 4. The number of furan rings is 1. The van der Waals surface area contributed by atoms with Gasteiger partial charge in [0.1, 0.15) is 5.58 Å². The third-order valence-electron chi connectivity index (χ3n) is 11.7. The molecule has 0 bridgehead atoms. The topological polar surface area (TPSA) is 16.4 Å². The van der Waals surface area contributed by atoms with Gasteiger partial charge in [-0.25, -0.2) is 0 Å². The van der Waals surface area contributed by atoms with Crippen LogP contribution in [0.4, 0.5) is 17.1 Å². The predicted molar refractivity (Wildman–Crippen MR) is 253 cm³/mol. The van der Waals surface area contributed by atoms with Crippen LogP contribution < -0.4 is 4.90 Å². The lowest BCUT2D eigenvalue weighted by molar-refractivity contribution is 0.670. The van der Waals surface area contributed by atoms with Gasteiger partial charge in [0.2, 0.25) is 0 Å². The summed E-state index contributed by atoms with van der Waals surface area (Å²) in [5, 5.41) is 4.66. The van der Waals surface area contributed by atoms with Gasteiger partial charge in [0.05, 0.1) is 5.69 Å². The molecule has 0 saturated carbocycles. The zero-order chi connectivity index (χ0) is 39.8. The fourth-order valence-electron chi connectivity index (χ4n) is 8.75. The highest BCUT2D eigenvalue weighted by Gasteiger charge is 2.23. The molecule has 0 fully saturated rings. The van der Waals surface area contributed by atoms with E-state index in [9.17, 15) is 0 Å². The van der Waals surface area contributed by atoms with Crippen molar-refractivity contribution in [3.63, 3.8) is 0 Å². The lowest BCUT2D eigenvalue weighted by Gasteiger charge is -2.26. The molecule has 0 unspecified atom stereocenters. The molecule has 0 aliphatic carbocycles. The maximum atomic E-state index is 7.19. The fraction of sp³-hybridized carbons (Fsp3) is 0. The molecule has 1 heterocycles. The molecule has 60 heavy (non-hydrogen) atoms. The van der Waals surface area contributed by atoms with Gasteiger partial charge in [-0.05, 0) is 103 Å². The van der Waals surface area contributed by atoms with Crippen molar-refractivity contribution in [2.75, 3.05) is 4.90 Å². The third kappa shape index (κ3) is 6.32. The van der Waals surface area contributed by atoms with Crippen LogP contribution >= 0.6 is 0 Å². The van der Waals surface area contributed by atoms with Crippen LogP contribution in [0.1, 0.15) is 0 Å². The molecular formula is C58H39NO. The molecule has 0 aliphatic rings. The number of benzene rings is 10. The molecular weight excluding hydrogens is 727 g/mol. The Morgan fingerprint density at radius 3 is 1.38 bits per heavy atom. The average Bonchev–Trinajstić information content (AvgIpc) is 3.73. The van der Waals surface area contributed by atoms with Crippen LogP contribution in [0, 0.1) is 0 Å². The van der Waals surface area contributed by atoms with E-state index in [-0.39, 0.29) is 0 Å². The van der Waals surface area contributed by atoms with Crippen LogP contribution in [-0.2, 0) is 0 Å². The van der Waals surface area contributed by atoms with E-state index in [0.717, 1.165) is 66.8 Å². The number of nitrogens with zero attached hydrogens (tertiary/aromatic N) is 1. The van der Waals surface area contributed by atoms with E-state index in [1.165, 1.54) is 38.6 Å². The maximum Gasteiger partial charge on any atom is 0.159 e. The quantitative estimate of drug-likeness (QED) is 0.153. The Labute approximate surface area is 349 Å². The summed E-state index contributed by atoms with van der Waals surface area (Å²) in [7, 11) is 0. The Kier molecular flexibility index (Phi) is 8.87. The van der Waals surface area contributed by atoms with Crippen molar-refractivity contribution >= 4 is 49.8 Å². The van der Waals surface area contributed by atoms with Gasteiger partial charge in [-0.15, -0.1) is 0 Å². The highest BCUT2D eigenvalue weighted by Crippen LogP contribution is 2.47. The summed E-state index contributed by atoms with van der Waals surface area (Å²) in [6, 6.07) is 84.6. The summed E-state index contributed by atoms with van der Waals surface area (Å²) in [4.78, 5) is 2.33. The first-order valence-corrected chi connectivity index (χ1v) is 20.5. The second-order valence-electron chi connectivity index (χ2n) is 15.3. The Hall–Kier alpha value is -7.94. The maximum absolute atomic E-state index is 7.19. The standard InChI is InChI=1S/C58H39NO/c1-5-15-40(16-6-1)41-29-33-48(34-30-41)59(49-35-31-42(32-36-49)47-28-27-46-23-13-24-50(54(46)39-47)43-17-7-2-8-18-43)55-26-14-25-53-56-51(44-19-9-3-10-20-44)37-38-52(58(56)60-57(53)55)45-21-11-4-12-22-45/h1-39H. The van der Waals surface area contributed by atoms with E-state index in [2.05, 4.69) is 241 Å². The van der Waals surface area contributed by atoms with Gasteiger partial charge in [-0.2, -0.15) is 0 Å². The molecule has 11 aromatic rings. The predicted octanol–water partition coefficient (Wildman–Crippen LogP) is 16.5. The Balaban J connectivity index is 1.09. The van der Waals surface area contributed by atoms with Crippen LogP contribution in [0.15, 0.2) is 241 Å². The Bertz CT molecular complexity index is 3260. The van der Waals surface area contributed by atoms with Gasteiger partial charge in [0.25, 0.3) is 0 Å². The zero-order valence-corrected chi connectivity index (χ0v) is 32.9. The van der Waals surface area contributed by atoms with Crippen molar-refractivity contribution in [3.8, 4) is 55.6 Å². The molecule has 0 aliphatic heterocycles. The smallest absolute Gasteiger partial charge is 0.159 e. The van der Waals surface area contributed by atoms with Gasteiger partial charge in [-0.1, -0.05) is 194 Å². The monoisotopic (exact) mass is 765 g/mol. The Morgan fingerprint density at radius 1 is 0.283 bits per heavy atom. The number of anilines is 3. The van der Waals surface area contributed by atoms with Crippen molar-refractivity contribution < 1.29 is 4.42 Å². The fourth-order valence-corrected chi connectivity index (χ4v) is 8.75. The number of hydrogen-bond donors (Lipinski definition) is 0. The number of para-hydroxylation sites is 1. The molecule has 11 rings (SSSR count). The molecule has 0 atom stereocenters. The molecule has 0 radical (unpaired) electrons. The van der Waals surface area contributed by atoms with Crippen LogP contribution in [0.2, 0.25) is 0 Å². The third-order valence-corrected chi connectivity index (χ3v) is 11.7. The van der Waals surface area contributed by atoms with Crippen molar-refractivity contribution in [2.24, 2.45) is 0 Å². The van der Waals surface area contributed by atoms with E-state index in [0.29, 0.717) is 0 Å². The molecule has 10 aromatic carbocycles. The second kappa shape index (κ2) is 15.1. The van der Waals surface area contributed by atoms with E-state index >= 15 is 0 Å². The minimum Gasteiger partial charge on any atom is -0.453 e. The molecule has 2 nitrogen and oxygen atoms in total. The summed E-state index contributed by atoms with van der Waals surface area (Å²) in [6.07, 6.45) is 0. The van der Waals surface area contributed by atoms with Crippen molar-refractivity contribution in [1.82, 2.24) is 0 Å². The van der Waals surface area contributed by atoms with E-state index in [4.69, 9.17) is 4.42 Å². The van der Waals surface area contributed by atoms with E-state index < -0.39 is 0 Å². The van der Waals surface area contributed by atoms with Gasteiger partial charge < -0.3 is 9.32 Å². The van der Waals surface area contributed by atoms with Gasteiger partial charge >= 0.3 is 0 Å². The van der Waals surface area contributed by atoms with Crippen LogP contribution in [-0.4, -0.2) is 0 Å². The first-order chi connectivity index (χ1) is 29.8. The molecule has 0 N–H and O–H groups in total. The normalized spacial score (nSPS) is 11.3. The van der Waals surface area contributed by atoms with Gasteiger partial charge in [-0.3, -0.25) is 0 Å². The highest BCUT2D eigenvalue weighted by atomic mass is 16.3. The minimum absolute atomic E-state index is 0.840. The van der Waals surface area contributed by atoms with Crippen LogP contribution in [0.5, 0.6) is 0 Å². The summed E-state index contributed by atoms with van der Waals surface area (Å²) in [6.45, 7) is 0. The van der Waals surface area contributed by atoms with Gasteiger partial charge in [0, 0.05) is 27.7 Å². The minimum atomic E-state index is 0.840. The number of rotatable bonds is 8. The summed E-state index contributed by atoms with van der Waals surface area (Å²) >= 11 is 0. The molecule has 0 saturated heterocycles. The second-order valence-corrected chi connectivity index (χ2v) is 15.3. The van der Waals surface area contributed by atoms with E-state index in [1.807, 2.05) is 0 Å². The lowest BCUT2D eigenvalue weighted by Crippen LogP contribution is -2.10. The summed E-state index contributed by atoms with van der Waals surface area (Å²) in [5.41, 5.74) is 16.4. The first kappa shape index (κ1) is 35.2. The van der Waals surface area contributed by atoms with Crippen LogP contribution in [0.25, 0.3) is 88.3 Å². The van der Waals surface area contributed by atoms with Crippen molar-refractivity contribution in [3.05, 3.63) is 237 Å². The molecule has 1 aromatic heterocycles. The van der Waals surface area contributed by atoms with E-state index in [1.54, 1.807) is 0 Å². The Morgan fingerprint density at radius 2 is 0.767 bits per heavy atom. The SMILES string of the molecule is c1ccc(-c2ccc(N(c3ccc(-c4ccc5cccc(-c6ccccc6)c5c4)cc3)c3cccc4c3oc3c(-c5ccccc5)ccc(-c5ccccc5)c34)cc2)cc1. The largest absolute Gasteiger partial charge is 0.453 e. The number of hydrogen-bond acceptors (Lipinski definition) is 2. The zero-order valence-electron chi connectivity index (χ0n) is 32.9. The molecule has 0 amide bonds. The highest BCUT2D eigenvalue weighted by molar-refractivity contribution is 6.19. The first-order valence-electron chi connectivity index (χ1n) is 20.5. The van der Waals surface area contributed by atoms with Crippen molar-refractivity contribution in [1.29, 1.82) is 0 Å². The lowest BCUT2D eigenvalue weighted by atomic mass is 9.94. The summed E-state index contributed by atoms with van der Waals surface area (Å²) < 4.78 is 7.19. The molecule has 2 heteroatoms. The molecule has 282 valence electrons. The van der Waals surface area contributed by atoms with Crippen molar-refractivity contribution in [2.45, 2.75) is 0 Å². The average molecular weight is 766 g/mol. The molecule has 0 spiro atoms. The van der Waals surface area contributed by atoms with Gasteiger partial charge in [0.15, 0.2) is 5.58 Å². The summed E-state index contributed by atoms with van der Waals surface area (Å²) in [5.74, 6) is 0.